The highest BCUT2D eigenvalue weighted by Gasteiger charge is 2.69. The third-order valence-corrected chi connectivity index (χ3v) is 5.11. The number of nitrogens with zero attached hydrogens (tertiary/aromatic N) is 2. The Hall–Kier alpha value is -2.57. The Morgan fingerprint density at radius 2 is 2.00 bits per heavy atom. The third-order valence-electron chi connectivity index (χ3n) is 5.11. The number of fused-ring (bicyclic) bond motifs is 1. The predicted octanol–water partition coefficient (Wildman–Crippen LogP) is 3.21. The van der Waals surface area contributed by atoms with Crippen molar-refractivity contribution in [2.24, 2.45) is 22.6 Å². The van der Waals surface area contributed by atoms with Crippen LogP contribution in [0.1, 0.15) is 18.9 Å². The Morgan fingerprint density at radius 3 is 2.54 bits per heavy atom. The summed E-state index contributed by atoms with van der Waals surface area (Å²) < 4.78 is 40.7. The average molecular weight is 363 g/mol. The standard InChI is InChI=1S/C19H20F3N3O/c1-3-16(18(23)26)24-17(12-4-6-13(20)7-5-12)11(2)25-9-8-14-15(10-25)19(14,21)22/h3-7,14-15H,1,8-10H2,2H3,(H2,23,26)/b17-11+,24-16?. The van der Waals surface area contributed by atoms with E-state index < -0.39 is 29.5 Å². The molecule has 2 unspecified atom stereocenters. The van der Waals surface area contributed by atoms with Crippen LogP contribution in [0.2, 0.25) is 0 Å². The maximum absolute atomic E-state index is 13.7. The molecule has 0 radical (unpaired) electrons. The van der Waals surface area contributed by atoms with Gasteiger partial charge >= 0.3 is 0 Å². The zero-order valence-electron chi connectivity index (χ0n) is 14.4. The lowest BCUT2D eigenvalue weighted by Gasteiger charge is -2.29. The van der Waals surface area contributed by atoms with E-state index in [2.05, 4.69) is 11.6 Å². The molecule has 1 aromatic carbocycles. The highest BCUT2D eigenvalue weighted by atomic mass is 19.3. The van der Waals surface area contributed by atoms with Crippen LogP contribution in [0.25, 0.3) is 5.70 Å². The summed E-state index contributed by atoms with van der Waals surface area (Å²) in [5.41, 5.74) is 6.85. The van der Waals surface area contributed by atoms with Crippen molar-refractivity contribution in [2.75, 3.05) is 13.1 Å². The van der Waals surface area contributed by atoms with Gasteiger partial charge in [-0.05, 0) is 43.7 Å². The molecule has 4 nitrogen and oxygen atoms in total. The van der Waals surface area contributed by atoms with Gasteiger partial charge in [-0.25, -0.2) is 18.2 Å². The number of allylic oxidation sites excluding steroid dienone is 1. The van der Waals surface area contributed by atoms with Gasteiger partial charge in [0, 0.05) is 36.2 Å². The van der Waals surface area contributed by atoms with E-state index in [4.69, 9.17) is 5.73 Å². The van der Waals surface area contributed by atoms with Crippen LogP contribution < -0.4 is 5.73 Å². The minimum absolute atomic E-state index is 0.0460. The van der Waals surface area contributed by atoms with Crippen LogP contribution in [-0.2, 0) is 4.79 Å². The largest absolute Gasteiger partial charge is 0.373 e. The van der Waals surface area contributed by atoms with E-state index >= 15 is 0 Å². The maximum Gasteiger partial charge on any atom is 0.267 e. The maximum atomic E-state index is 13.7. The second kappa shape index (κ2) is 6.63. The predicted molar refractivity (Wildman–Crippen MR) is 93.9 cm³/mol. The van der Waals surface area contributed by atoms with Gasteiger partial charge in [0.15, 0.2) is 0 Å². The fourth-order valence-corrected chi connectivity index (χ4v) is 3.47. The van der Waals surface area contributed by atoms with Crippen molar-refractivity contribution in [1.82, 2.24) is 4.90 Å². The summed E-state index contributed by atoms with van der Waals surface area (Å²) in [4.78, 5) is 17.7. The van der Waals surface area contributed by atoms with Gasteiger partial charge in [0.05, 0.1) is 5.70 Å². The monoisotopic (exact) mass is 363 g/mol. The van der Waals surface area contributed by atoms with Gasteiger partial charge in [-0.2, -0.15) is 0 Å². The summed E-state index contributed by atoms with van der Waals surface area (Å²) >= 11 is 0. The van der Waals surface area contributed by atoms with E-state index in [0.29, 0.717) is 29.9 Å². The second-order valence-corrected chi connectivity index (χ2v) is 6.63. The quantitative estimate of drug-likeness (QED) is 0.817. The number of likely N-dealkylation sites (tertiary alicyclic amines) is 1. The molecule has 0 bridgehead atoms. The molecule has 26 heavy (non-hydrogen) atoms. The second-order valence-electron chi connectivity index (χ2n) is 6.63. The lowest BCUT2D eigenvalue weighted by molar-refractivity contribution is -0.111. The molecule has 2 fully saturated rings. The van der Waals surface area contributed by atoms with Gasteiger partial charge in [-0.3, -0.25) is 4.79 Å². The van der Waals surface area contributed by atoms with E-state index in [-0.39, 0.29) is 12.3 Å². The summed E-state index contributed by atoms with van der Waals surface area (Å²) in [6.45, 7) is 5.98. The summed E-state index contributed by atoms with van der Waals surface area (Å²) in [7, 11) is 0. The van der Waals surface area contributed by atoms with Crippen LogP contribution in [-0.4, -0.2) is 35.5 Å². The Bertz CT molecular complexity index is 799. The first kappa shape index (κ1) is 18.2. The van der Waals surface area contributed by atoms with Crippen LogP contribution in [0.4, 0.5) is 13.2 Å². The SMILES string of the molecule is C=CC(=N/C(=C(\C)N1CCC2C(C1)C2(F)F)c1ccc(F)cc1)C(N)=O. The number of alkyl halides is 2. The number of hydrogen-bond acceptors (Lipinski definition) is 3. The minimum atomic E-state index is -2.60. The lowest BCUT2D eigenvalue weighted by atomic mass is 10.1. The third kappa shape index (κ3) is 3.25. The molecule has 1 saturated carbocycles. The number of benzene rings is 1. The molecular formula is C19H20F3N3O. The lowest BCUT2D eigenvalue weighted by Crippen LogP contribution is -2.30. The fourth-order valence-electron chi connectivity index (χ4n) is 3.47. The number of primary amides is 1. The number of halogens is 3. The topological polar surface area (TPSA) is 58.7 Å². The number of aliphatic imine (C=N–C) groups is 1. The van der Waals surface area contributed by atoms with Gasteiger partial charge in [0.1, 0.15) is 11.5 Å². The molecule has 0 spiro atoms. The summed E-state index contributed by atoms with van der Waals surface area (Å²) in [6, 6.07) is 5.60. The van der Waals surface area contributed by atoms with Gasteiger partial charge < -0.3 is 10.6 Å². The zero-order valence-corrected chi connectivity index (χ0v) is 14.4. The fraction of sp³-hybridized carbons (Fsp3) is 0.368. The van der Waals surface area contributed by atoms with E-state index in [0.717, 1.165) is 0 Å². The van der Waals surface area contributed by atoms with Gasteiger partial charge in [0.25, 0.3) is 11.8 Å². The molecule has 1 heterocycles. The van der Waals surface area contributed by atoms with Crippen LogP contribution in [0.5, 0.6) is 0 Å². The van der Waals surface area contributed by atoms with Crippen LogP contribution in [0, 0.1) is 17.7 Å². The van der Waals surface area contributed by atoms with Crippen molar-refractivity contribution in [3.63, 3.8) is 0 Å². The van der Waals surface area contributed by atoms with Crippen LogP contribution >= 0.6 is 0 Å². The molecule has 1 saturated heterocycles. The number of nitrogens with two attached hydrogens (primary N) is 1. The first-order chi connectivity index (χ1) is 12.3. The van der Waals surface area contributed by atoms with E-state index in [1.807, 2.05) is 4.90 Å². The highest BCUT2D eigenvalue weighted by molar-refractivity contribution is 6.43. The molecule has 2 atom stereocenters. The van der Waals surface area contributed by atoms with Crippen molar-refractivity contribution in [2.45, 2.75) is 19.3 Å². The normalized spacial score (nSPS) is 25.2. The molecule has 2 N–H and O–H groups in total. The number of amides is 1. The number of rotatable bonds is 5. The Morgan fingerprint density at radius 1 is 1.35 bits per heavy atom. The molecule has 138 valence electrons. The molecule has 1 aromatic rings. The molecule has 7 heteroatoms. The number of hydrogen-bond donors (Lipinski definition) is 1. The molecule has 0 aromatic heterocycles. The Kier molecular flexibility index (Phi) is 4.64. The van der Waals surface area contributed by atoms with Crippen molar-refractivity contribution < 1.29 is 18.0 Å². The number of piperidine rings is 1. The van der Waals surface area contributed by atoms with Crippen molar-refractivity contribution in [3.8, 4) is 0 Å². The van der Waals surface area contributed by atoms with E-state index in [9.17, 15) is 18.0 Å². The van der Waals surface area contributed by atoms with Crippen LogP contribution in [0.3, 0.4) is 0 Å². The summed E-state index contributed by atoms with van der Waals surface area (Å²) in [6.07, 6.45) is 1.64. The molecular weight excluding hydrogens is 343 g/mol. The summed E-state index contributed by atoms with van der Waals surface area (Å²) in [5.74, 6) is -4.96. The molecule has 1 aliphatic carbocycles. The van der Waals surface area contributed by atoms with Crippen LogP contribution in [0.15, 0.2) is 47.6 Å². The number of carbonyl (C=O) groups is 1. The van der Waals surface area contributed by atoms with E-state index in [1.54, 1.807) is 6.92 Å². The first-order valence-corrected chi connectivity index (χ1v) is 8.36. The van der Waals surface area contributed by atoms with Gasteiger partial charge in [-0.1, -0.05) is 6.58 Å². The van der Waals surface area contributed by atoms with Gasteiger partial charge in [0.2, 0.25) is 0 Å². The zero-order chi connectivity index (χ0) is 19.1. The average Bonchev–Trinajstić information content (AvgIpc) is 3.17. The van der Waals surface area contributed by atoms with E-state index in [1.165, 1.54) is 30.3 Å². The first-order valence-electron chi connectivity index (χ1n) is 8.36. The smallest absolute Gasteiger partial charge is 0.267 e. The minimum Gasteiger partial charge on any atom is -0.373 e. The summed E-state index contributed by atoms with van der Waals surface area (Å²) in [5, 5.41) is 0. The molecule has 1 amide bonds. The van der Waals surface area contributed by atoms with Crippen molar-refractivity contribution >= 4 is 17.3 Å². The Balaban J connectivity index is 2.01. The van der Waals surface area contributed by atoms with Crippen molar-refractivity contribution in [1.29, 1.82) is 0 Å². The molecule has 1 aliphatic heterocycles. The number of carbonyl (C=O) groups excluding carboxylic acids is 1. The Labute approximate surface area is 149 Å². The molecule has 2 aliphatic rings. The molecule has 3 rings (SSSR count). The van der Waals surface area contributed by atoms with Crippen molar-refractivity contribution in [3.05, 3.63) is 54.0 Å². The van der Waals surface area contributed by atoms with Gasteiger partial charge in [-0.15, -0.1) is 0 Å². The highest BCUT2D eigenvalue weighted by Crippen LogP contribution is 2.59.